The van der Waals surface area contributed by atoms with E-state index >= 15 is 0 Å². The number of esters is 1. The monoisotopic (exact) mass is 316 g/mol. The molecule has 5 atom stereocenters. The average Bonchev–Trinajstić information content (AvgIpc) is 3.32. The smallest absolute Gasteiger partial charge is 0.316 e. The van der Waals surface area contributed by atoms with Gasteiger partial charge in [-0.3, -0.25) is 10.2 Å². The summed E-state index contributed by atoms with van der Waals surface area (Å²) < 4.78 is 11.3. The molecule has 3 fully saturated rings. The number of morpholine rings is 1. The summed E-state index contributed by atoms with van der Waals surface area (Å²) in [5, 5.41) is 17.1. The van der Waals surface area contributed by atoms with Crippen LogP contribution in [0.1, 0.15) is 24.3 Å². The number of nitrogens with one attached hydrogen (secondary N) is 1. The lowest BCUT2D eigenvalue weighted by atomic mass is 9.97. The Kier molecular flexibility index (Phi) is 3.58. The van der Waals surface area contributed by atoms with E-state index in [1.165, 1.54) is 6.34 Å². The molecule has 0 aliphatic carbocycles. The van der Waals surface area contributed by atoms with Gasteiger partial charge in [0.05, 0.1) is 25.0 Å². The first-order valence-corrected chi connectivity index (χ1v) is 8.02. The number of fused-ring (bicyclic) bond motifs is 5. The standard InChI is InChI=1S/C17H20N2O4/c18-9-19-13-6-11(7-14(19)16-15(13)23-16)22-17(21)12(8-20)10-4-2-1-3-5-10/h1-5,9,11-16,18,20H,6-8H2. The first-order valence-electron chi connectivity index (χ1n) is 8.02. The fourth-order valence-electron chi connectivity index (χ4n) is 4.02. The topological polar surface area (TPSA) is 86.2 Å². The molecule has 3 aliphatic heterocycles. The highest BCUT2D eigenvalue weighted by molar-refractivity contribution is 5.78. The van der Waals surface area contributed by atoms with Crippen molar-refractivity contribution in [2.75, 3.05) is 6.61 Å². The predicted molar refractivity (Wildman–Crippen MR) is 82.2 cm³/mol. The van der Waals surface area contributed by atoms with E-state index in [-0.39, 0.29) is 43.0 Å². The quantitative estimate of drug-likeness (QED) is 0.365. The number of aliphatic hydroxyl groups excluding tert-OH is 1. The van der Waals surface area contributed by atoms with Gasteiger partial charge in [0, 0.05) is 12.8 Å². The van der Waals surface area contributed by atoms with Crippen LogP contribution in [0.3, 0.4) is 0 Å². The van der Waals surface area contributed by atoms with Gasteiger partial charge in [-0.1, -0.05) is 30.3 Å². The number of nitrogens with zero attached hydrogens (tertiary/aromatic N) is 1. The number of piperidine rings is 1. The van der Waals surface area contributed by atoms with Crippen LogP contribution in [0.25, 0.3) is 0 Å². The molecule has 122 valence electrons. The molecule has 23 heavy (non-hydrogen) atoms. The minimum absolute atomic E-state index is 0.137. The zero-order valence-corrected chi connectivity index (χ0v) is 12.7. The number of ether oxygens (including phenoxy) is 2. The Hall–Kier alpha value is -1.92. The summed E-state index contributed by atoms with van der Waals surface area (Å²) in [6.45, 7) is -0.261. The molecule has 6 nitrogen and oxygen atoms in total. The molecule has 3 aliphatic rings. The fourth-order valence-corrected chi connectivity index (χ4v) is 4.02. The van der Waals surface area contributed by atoms with Crippen molar-refractivity contribution in [3.63, 3.8) is 0 Å². The second kappa shape index (κ2) is 5.62. The van der Waals surface area contributed by atoms with E-state index in [0.717, 1.165) is 5.56 Å². The number of hydrogen-bond acceptors (Lipinski definition) is 5. The van der Waals surface area contributed by atoms with Crippen LogP contribution in [0, 0.1) is 5.41 Å². The maximum Gasteiger partial charge on any atom is 0.316 e. The van der Waals surface area contributed by atoms with Gasteiger partial charge in [0.25, 0.3) is 0 Å². The lowest BCUT2D eigenvalue weighted by Gasteiger charge is -2.39. The molecule has 3 heterocycles. The summed E-state index contributed by atoms with van der Waals surface area (Å²) in [4.78, 5) is 14.5. The molecule has 4 rings (SSSR count). The molecule has 3 saturated heterocycles. The third-order valence-electron chi connectivity index (χ3n) is 5.20. The molecule has 1 aromatic carbocycles. The Labute approximate surface area is 134 Å². The van der Waals surface area contributed by atoms with E-state index in [4.69, 9.17) is 14.9 Å². The first kappa shape index (κ1) is 14.7. The van der Waals surface area contributed by atoms with Crippen LogP contribution >= 0.6 is 0 Å². The van der Waals surface area contributed by atoms with Gasteiger partial charge in [-0.25, -0.2) is 0 Å². The normalized spacial score (nSPS) is 35.3. The Morgan fingerprint density at radius 2 is 2.00 bits per heavy atom. The SMILES string of the molecule is N=CN1C2CC(OC(=O)C(CO)c3ccccc3)CC1C1OC12. The summed E-state index contributed by atoms with van der Waals surface area (Å²) in [5.74, 6) is -1.01. The Morgan fingerprint density at radius 1 is 1.35 bits per heavy atom. The number of rotatable bonds is 5. The predicted octanol–water partition coefficient (Wildman–Crippen LogP) is 0.895. The van der Waals surface area contributed by atoms with Crippen molar-refractivity contribution < 1.29 is 19.4 Å². The van der Waals surface area contributed by atoms with E-state index in [0.29, 0.717) is 12.8 Å². The van der Waals surface area contributed by atoms with E-state index in [1.807, 2.05) is 35.2 Å². The molecular formula is C17H20N2O4. The molecule has 0 spiro atoms. The zero-order chi connectivity index (χ0) is 16.0. The van der Waals surface area contributed by atoms with Gasteiger partial charge >= 0.3 is 5.97 Å². The van der Waals surface area contributed by atoms with Crippen molar-refractivity contribution in [3.8, 4) is 0 Å². The van der Waals surface area contributed by atoms with Gasteiger partial charge in [0.1, 0.15) is 24.2 Å². The molecular weight excluding hydrogens is 296 g/mol. The molecule has 0 aromatic heterocycles. The maximum absolute atomic E-state index is 12.4. The van der Waals surface area contributed by atoms with Crippen molar-refractivity contribution in [1.82, 2.24) is 4.90 Å². The van der Waals surface area contributed by atoms with Crippen molar-refractivity contribution in [2.24, 2.45) is 0 Å². The number of benzene rings is 1. The largest absolute Gasteiger partial charge is 0.462 e. The van der Waals surface area contributed by atoms with Gasteiger partial charge in [-0.15, -0.1) is 0 Å². The fraction of sp³-hybridized carbons (Fsp3) is 0.529. The number of carbonyl (C=O) groups excluding carboxylic acids is 1. The zero-order valence-electron chi connectivity index (χ0n) is 12.7. The van der Waals surface area contributed by atoms with Gasteiger partial charge in [0.2, 0.25) is 0 Å². The maximum atomic E-state index is 12.4. The van der Waals surface area contributed by atoms with E-state index in [1.54, 1.807) is 0 Å². The second-order valence-electron chi connectivity index (χ2n) is 6.45. The molecule has 1 aromatic rings. The Morgan fingerprint density at radius 3 is 2.57 bits per heavy atom. The minimum atomic E-state index is -0.639. The van der Waals surface area contributed by atoms with Crippen molar-refractivity contribution >= 4 is 12.3 Å². The number of aliphatic hydroxyl groups is 1. The van der Waals surface area contributed by atoms with E-state index in [9.17, 15) is 9.90 Å². The van der Waals surface area contributed by atoms with Gasteiger partial charge in [-0.2, -0.15) is 0 Å². The molecule has 0 amide bonds. The summed E-state index contributed by atoms with van der Waals surface area (Å²) in [5.41, 5.74) is 0.770. The summed E-state index contributed by atoms with van der Waals surface area (Å²) in [6, 6.07) is 9.49. The van der Waals surface area contributed by atoms with Crippen LogP contribution in [0.2, 0.25) is 0 Å². The highest BCUT2D eigenvalue weighted by Gasteiger charge is 2.63. The highest BCUT2D eigenvalue weighted by Crippen LogP contribution is 2.48. The summed E-state index contributed by atoms with van der Waals surface area (Å²) in [6.07, 6.45) is 2.96. The van der Waals surface area contributed by atoms with Crippen LogP contribution in [0.5, 0.6) is 0 Å². The molecule has 5 unspecified atom stereocenters. The van der Waals surface area contributed by atoms with E-state index in [2.05, 4.69) is 0 Å². The Bertz CT molecular complexity index is 590. The third-order valence-corrected chi connectivity index (χ3v) is 5.20. The number of hydrogen-bond donors (Lipinski definition) is 2. The van der Waals surface area contributed by atoms with Crippen LogP contribution in [0.15, 0.2) is 30.3 Å². The first-order chi connectivity index (χ1) is 11.2. The molecule has 0 radical (unpaired) electrons. The van der Waals surface area contributed by atoms with Gasteiger partial charge in [-0.05, 0) is 5.56 Å². The van der Waals surface area contributed by atoms with Crippen LogP contribution in [0.4, 0.5) is 0 Å². The average molecular weight is 316 g/mol. The molecule has 2 N–H and O–H groups in total. The lowest BCUT2D eigenvalue weighted by Crippen LogP contribution is -2.49. The van der Waals surface area contributed by atoms with Crippen molar-refractivity contribution in [2.45, 2.75) is 49.2 Å². The van der Waals surface area contributed by atoms with Crippen LogP contribution < -0.4 is 0 Å². The van der Waals surface area contributed by atoms with Crippen LogP contribution in [-0.2, 0) is 14.3 Å². The lowest BCUT2D eigenvalue weighted by molar-refractivity contribution is -0.155. The summed E-state index contributed by atoms with van der Waals surface area (Å²) in [7, 11) is 0. The van der Waals surface area contributed by atoms with E-state index < -0.39 is 5.92 Å². The third kappa shape index (κ3) is 2.42. The second-order valence-corrected chi connectivity index (χ2v) is 6.45. The number of carbonyl (C=O) groups is 1. The Balaban J connectivity index is 1.43. The summed E-state index contributed by atoms with van der Waals surface area (Å²) >= 11 is 0. The molecule has 0 saturated carbocycles. The highest BCUT2D eigenvalue weighted by atomic mass is 16.6. The van der Waals surface area contributed by atoms with Crippen molar-refractivity contribution in [3.05, 3.63) is 35.9 Å². The molecule has 2 bridgehead atoms. The number of epoxide rings is 1. The van der Waals surface area contributed by atoms with Crippen LogP contribution in [-0.4, -0.2) is 59.3 Å². The minimum Gasteiger partial charge on any atom is -0.462 e. The van der Waals surface area contributed by atoms with Gasteiger partial charge in [0.15, 0.2) is 0 Å². The van der Waals surface area contributed by atoms with Gasteiger partial charge < -0.3 is 19.5 Å². The van der Waals surface area contributed by atoms with Crippen molar-refractivity contribution in [1.29, 1.82) is 5.41 Å². The molecule has 6 heteroatoms.